The molecule has 0 saturated carbocycles. The lowest BCUT2D eigenvalue weighted by molar-refractivity contribution is -0.404. The second-order valence-electron chi connectivity index (χ2n) is 38.5. The van der Waals surface area contributed by atoms with Crippen LogP contribution < -0.4 is 21.3 Å². The summed E-state index contributed by atoms with van der Waals surface area (Å²) in [6.07, 6.45) is -27.2. The summed E-state index contributed by atoms with van der Waals surface area (Å²) in [5.41, 5.74) is 0. The van der Waals surface area contributed by atoms with E-state index in [-0.39, 0.29) is 6.42 Å². The molecule has 0 aromatic carbocycles. The van der Waals surface area contributed by atoms with Crippen LogP contribution in [0.25, 0.3) is 0 Å². The van der Waals surface area contributed by atoms with Crippen molar-refractivity contribution < 1.29 is 208 Å². The van der Waals surface area contributed by atoms with Gasteiger partial charge in [-0.2, -0.15) is 0 Å². The van der Waals surface area contributed by atoms with E-state index in [2.05, 4.69) is 35.1 Å². The number of hydrogen-bond acceptors (Lipinski definition) is 39. The number of rotatable bonds is 69. The van der Waals surface area contributed by atoms with Crippen molar-refractivity contribution in [3.05, 3.63) is 12.2 Å². The molecule has 4 amide bonds. The molecule has 818 valence electrons. The maximum absolute atomic E-state index is 14.5. The average Bonchev–Trinajstić information content (AvgIpc) is 0.745. The summed E-state index contributed by atoms with van der Waals surface area (Å²) in [6.45, 7) is -0.563. The Bertz CT molecular complexity index is 3660. The molecule has 0 bridgehead atoms. The summed E-state index contributed by atoms with van der Waals surface area (Å²) in [7, 11) is 0. The monoisotopic (exact) mass is 2040 g/mol. The number of Topliss-reactive ketones (excluding diaryl/α,β-unsaturated/α-hetero) is 1. The van der Waals surface area contributed by atoms with E-state index in [1.807, 2.05) is 0 Å². The number of carbonyl (C=O) groups is 8. The number of unbranched alkanes of at least 4 members (excludes halogenated alkanes) is 30. The number of carboxylic acids is 3. The van der Waals surface area contributed by atoms with Crippen LogP contribution in [0.3, 0.4) is 0 Å². The highest BCUT2D eigenvalue weighted by atomic mass is 16.8. The first-order valence-electron chi connectivity index (χ1n) is 50.6. The number of hydrogen-bond donors (Lipinski definition) is 26. The predicted molar refractivity (Wildman–Crippen MR) is 493 cm³/mol. The standard InChI is InChI=1S/C95H166N4O42/c1-7-9-11-13-15-17-19-21-22-23-24-25-26-27-29-31-33-35-37-39-41-69(115)99-58(59(110)40-38-36-34-32-30-28-20-18-16-14-12-10-8-2)52-130-88-79(122)78(121)81(67(50-104)132-88)134-89-80(123)86(82(68(51-105)133-89)135-87-57(42-53(3)106)73(116)75(118)64(47-101)131-87)141-95(92(128)129)45-62(113)72(98-56(6)109)85(140-95)77(120)66(49-103)137-94(91(126)127)44-61(112)71(97-55(5)108)84(139-94)76(119)65(48-102)136-93(90(124)125)43-60(111)70(96-54(4)107)83(138-93)74(117)63(114)46-100/h38,40,57-68,70-89,100-105,110-114,116-123H,7-37,39,41-52H2,1-6H3,(H,96,107)(H,97,108)(H,98,109)(H,99,115)(H,124,125)(H,126,127)(H,128,129)/t57-,58+,59-,60+,61+,62+,63-,64-,65-,66-,67-,68-,70-,71-,72-,73-,74-,75+,76-,77-,78-,79-,80-,81-,82+,83?,84?,85?,86-,87+,88-,89+,93-,94-,95+/m1/s1. The Labute approximate surface area is 823 Å². The zero-order valence-corrected chi connectivity index (χ0v) is 82.2. The quantitative estimate of drug-likeness (QED) is 0.0244. The largest absolute Gasteiger partial charge is 0.477 e. The molecule has 0 spiro atoms. The molecule has 26 N–H and O–H groups in total. The molecule has 6 fully saturated rings. The lowest BCUT2D eigenvalue weighted by Crippen LogP contribution is -2.72. The van der Waals surface area contributed by atoms with E-state index in [1.165, 1.54) is 134 Å². The van der Waals surface area contributed by atoms with Crippen molar-refractivity contribution in [2.75, 3.05) is 46.2 Å². The Morgan fingerprint density at radius 1 is 0.404 bits per heavy atom. The van der Waals surface area contributed by atoms with Crippen LogP contribution in [-0.2, 0) is 95.2 Å². The fourth-order valence-electron chi connectivity index (χ4n) is 19.1. The van der Waals surface area contributed by atoms with Gasteiger partial charge in [0.2, 0.25) is 23.6 Å². The first-order valence-corrected chi connectivity index (χ1v) is 50.6. The molecule has 141 heavy (non-hydrogen) atoms. The number of carboxylic acid groups (broad SMARTS) is 3. The molecule has 6 saturated heterocycles. The van der Waals surface area contributed by atoms with Gasteiger partial charge < -0.3 is 195 Å². The SMILES string of the molecule is CCCCCCCCCCCCCC=C[C@@H](O)[C@H](CO[C@@H]1O[C@H](CO)[C@@H](O[C@@H]2O[C@H](CO)[C@H](O[C@@H]3O[C@H](CO)[C@H](O)[C@H](O)[C@H]3CC(C)=O)[C@H](O[C@]3(C(=O)O)C[C@H](O)[C@@H](NC(C)=O)C([C@H](O)[C@@H](CO)O[C@]4(C(=O)O)C[C@H](O)[C@@H](NC(C)=O)C([C@H](O)[C@@H](CO)O[C@]5(C(=O)O)C[C@H](O)[C@@H](NC(C)=O)C([C@H](O)[C@H](O)CO)O5)O4)O3)[C@H]2O)[C@H](O)[C@H]1O)NC(=O)CCCCCCCCCCCCCCCCCCCCCC. The molecule has 0 aromatic rings. The highest BCUT2D eigenvalue weighted by Crippen LogP contribution is 2.45. The molecule has 6 aliphatic rings. The number of ketones is 1. The molecular weight excluding hydrogens is 1870 g/mol. The van der Waals surface area contributed by atoms with Crippen LogP contribution in [0.1, 0.15) is 279 Å². The van der Waals surface area contributed by atoms with E-state index in [0.29, 0.717) is 12.8 Å². The summed E-state index contributed by atoms with van der Waals surface area (Å²) < 4.78 is 72.1. The lowest BCUT2D eigenvalue weighted by atomic mass is 9.86. The van der Waals surface area contributed by atoms with E-state index < -0.39 is 332 Å². The Hall–Kier alpha value is -5.54. The molecule has 6 rings (SSSR count). The zero-order chi connectivity index (χ0) is 104. The van der Waals surface area contributed by atoms with Gasteiger partial charge in [-0.05, 0) is 26.2 Å². The van der Waals surface area contributed by atoms with Crippen molar-refractivity contribution in [3.63, 3.8) is 0 Å². The average molecular weight is 2040 g/mol. The van der Waals surface area contributed by atoms with Crippen LogP contribution in [0.4, 0.5) is 0 Å². The van der Waals surface area contributed by atoms with Crippen LogP contribution in [0, 0.1) is 5.92 Å². The highest BCUT2D eigenvalue weighted by molar-refractivity contribution is 5.79. The minimum Gasteiger partial charge on any atom is -0.477 e. The summed E-state index contributed by atoms with van der Waals surface area (Å²) in [6, 6.07) is -7.29. The number of nitrogens with one attached hydrogen (secondary N) is 4. The molecule has 6 aliphatic heterocycles. The molecule has 6 heterocycles. The zero-order valence-electron chi connectivity index (χ0n) is 82.2. The molecular formula is C95H166N4O42. The maximum Gasteiger partial charge on any atom is 0.364 e. The number of aliphatic hydroxyl groups is 19. The van der Waals surface area contributed by atoms with Crippen LogP contribution in [0.15, 0.2) is 12.2 Å². The number of ether oxygens (including phenoxy) is 12. The Balaban J connectivity index is 1.28. The van der Waals surface area contributed by atoms with Gasteiger partial charge >= 0.3 is 17.9 Å². The molecule has 46 nitrogen and oxygen atoms in total. The minimum atomic E-state index is -3.71. The van der Waals surface area contributed by atoms with Gasteiger partial charge in [0.1, 0.15) is 122 Å². The Morgan fingerprint density at radius 3 is 1.16 bits per heavy atom. The predicted octanol–water partition coefficient (Wildman–Crippen LogP) is -1.48. The van der Waals surface area contributed by atoms with Crippen LogP contribution >= 0.6 is 0 Å². The van der Waals surface area contributed by atoms with Gasteiger partial charge in [0.15, 0.2) is 18.9 Å². The van der Waals surface area contributed by atoms with Crippen molar-refractivity contribution in [3.8, 4) is 0 Å². The second-order valence-corrected chi connectivity index (χ2v) is 38.5. The highest BCUT2D eigenvalue weighted by Gasteiger charge is 2.65. The van der Waals surface area contributed by atoms with E-state index in [1.54, 1.807) is 6.08 Å². The molecule has 35 atom stereocenters. The minimum absolute atomic E-state index is 0.0836. The van der Waals surface area contributed by atoms with Crippen molar-refractivity contribution in [1.82, 2.24) is 21.3 Å². The van der Waals surface area contributed by atoms with Gasteiger partial charge in [0.25, 0.3) is 17.4 Å². The topological polar surface area (TPSA) is 741 Å². The van der Waals surface area contributed by atoms with Gasteiger partial charge in [0, 0.05) is 58.8 Å². The maximum atomic E-state index is 14.5. The third-order valence-electron chi connectivity index (χ3n) is 27.0. The first kappa shape index (κ1) is 124. The summed E-state index contributed by atoms with van der Waals surface area (Å²) in [5.74, 6) is -23.6. The van der Waals surface area contributed by atoms with Crippen LogP contribution in [0.2, 0.25) is 0 Å². The van der Waals surface area contributed by atoms with E-state index in [4.69, 9.17) is 56.8 Å². The third-order valence-corrected chi connectivity index (χ3v) is 27.0. The molecule has 46 heteroatoms. The number of aliphatic hydroxyl groups excluding tert-OH is 19. The van der Waals surface area contributed by atoms with Crippen molar-refractivity contribution in [1.29, 1.82) is 0 Å². The van der Waals surface area contributed by atoms with Gasteiger partial charge in [-0.3, -0.25) is 19.2 Å². The summed E-state index contributed by atoms with van der Waals surface area (Å²) >= 11 is 0. The first-order chi connectivity index (χ1) is 67.1. The molecule has 3 unspecified atom stereocenters. The van der Waals surface area contributed by atoms with Crippen molar-refractivity contribution >= 4 is 47.3 Å². The Kier molecular flexibility index (Phi) is 55.8. The van der Waals surface area contributed by atoms with Gasteiger partial charge in [0.05, 0.1) is 101 Å². The molecule has 0 radical (unpaired) electrons. The number of allylic oxidation sites excluding steroid dienone is 1. The molecule has 0 aromatic heterocycles. The van der Waals surface area contributed by atoms with Gasteiger partial charge in [-0.15, -0.1) is 0 Å². The lowest BCUT2D eigenvalue weighted by Gasteiger charge is -2.53. The normalized spacial score (nSPS) is 33.2. The third kappa shape index (κ3) is 37.3. The fraction of sp³-hybridized carbons (Fsp3) is 0.895. The second kappa shape index (κ2) is 63.3. The fourth-order valence-corrected chi connectivity index (χ4v) is 19.1. The smallest absolute Gasteiger partial charge is 0.364 e. The summed E-state index contributed by atoms with van der Waals surface area (Å²) in [4.78, 5) is 107. The van der Waals surface area contributed by atoms with E-state index in [0.717, 1.165) is 91.9 Å². The van der Waals surface area contributed by atoms with E-state index >= 15 is 0 Å². The van der Waals surface area contributed by atoms with Gasteiger partial charge in [-0.1, -0.05) is 212 Å². The van der Waals surface area contributed by atoms with E-state index in [9.17, 15) is 151 Å². The van der Waals surface area contributed by atoms with Crippen LogP contribution in [0.5, 0.6) is 0 Å². The van der Waals surface area contributed by atoms with Gasteiger partial charge in [-0.25, -0.2) is 14.4 Å². The number of amides is 4. The summed E-state index contributed by atoms with van der Waals surface area (Å²) in [5, 5.41) is 261. The molecule has 0 aliphatic carbocycles. The van der Waals surface area contributed by atoms with Crippen molar-refractivity contribution in [2.24, 2.45) is 5.92 Å². The van der Waals surface area contributed by atoms with Crippen LogP contribution in [-0.4, -0.2) is 413 Å². The van der Waals surface area contributed by atoms with Crippen molar-refractivity contribution in [2.45, 2.75) is 486 Å². The number of carbonyl (C=O) groups excluding carboxylic acids is 5. The number of aliphatic carboxylic acids is 3. The Morgan fingerprint density at radius 2 is 0.773 bits per heavy atom.